The Morgan fingerprint density at radius 1 is 1.35 bits per heavy atom. The van der Waals surface area contributed by atoms with Gasteiger partial charge in [0.15, 0.2) is 18.0 Å². The predicted molar refractivity (Wildman–Crippen MR) is 61.8 cm³/mol. The zero-order chi connectivity index (χ0) is 12.3. The van der Waals surface area contributed by atoms with Crippen molar-refractivity contribution in [1.29, 1.82) is 0 Å². The van der Waals surface area contributed by atoms with E-state index in [9.17, 15) is 9.18 Å². The van der Waals surface area contributed by atoms with E-state index in [0.29, 0.717) is 17.0 Å². The number of hydrogen-bond acceptors (Lipinski definition) is 3. The molecule has 2 unspecified atom stereocenters. The number of hydrogen-bond donors (Lipinski definition) is 0. The van der Waals surface area contributed by atoms with E-state index in [1.54, 1.807) is 24.3 Å². The molecular weight excluding hydrogens is 219 g/mol. The monoisotopic (exact) mass is 230 g/mol. The average Bonchev–Trinajstić information content (AvgIpc) is 2.57. The van der Waals surface area contributed by atoms with Gasteiger partial charge in [0.05, 0.1) is 10.7 Å². The van der Waals surface area contributed by atoms with Crippen LogP contribution in [0.3, 0.4) is 0 Å². The summed E-state index contributed by atoms with van der Waals surface area (Å²) in [4.78, 5) is 19.4. The van der Waals surface area contributed by atoms with Crippen LogP contribution in [0, 0.1) is 0 Å². The third-order valence-electron chi connectivity index (χ3n) is 2.59. The minimum atomic E-state index is -1.57. The second-order valence-corrected chi connectivity index (χ2v) is 3.69. The van der Waals surface area contributed by atoms with Crippen LogP contribution in [-0.4, -0.2) is 18.0 Å². The number of alkyl halides is 1. The van der Waals surface area contributed by atoms with Crippen molar-refractivity contribution in [2.45, 2.75) is 11.7 Å². The van der Waals surface area contributed by atoms with Crippen LogP contribution in [0.1, 0.15) is 0 Å². The van der Waals surface area contributed by atoms with E-state index in [4.69, 9.17) is 0 Å². The molecular formula is C13H11FN2O. The number of aldehydes is 1. The first-order valence-electron chi connectivity index (χ1n) is 5.15. The van der Waals surface area contributed by atoms with Crippen molar-refractivity contribution < 1.29 is 9.18 Å². The van der Waals surface area contributed by atoms with Gasteiger partial charge in [-0.25, -0.2) is 4.39 Å². The number of carbonyl (C=O) groups is 1. The van der Waals surface area contributed by atoms with Gasteiger partial charge in [-0.05, 0) is 18.2 Å². The molecule has 0 spiro atoms. The standard InChI is InChI=1S/C13H11FN2O/c1-2-12(14)13(9-17)7-8-15-10-5-3-4-6-11(10)16-13/h2-9,12H,1H2. The molecule has 86 valence electrons. The fourth-order valence-corrected chi connectivity index (χ4v) is 1.62. The van der Waals surface area contributed by atoms with Crippen molar-refractivity contribution in [2.24, 2.45) is 9.98 Å². The minimum absolute atomic E-state index is 0.480. The number of nitrogens with zero attached hydrogens (tertiary/aromatic N) is 2. The summed E-state index contributed by atoms with van der Waals surface area (Å²) in [6, 6.07) is 7.02. The Hall–Kier alpha value is -2.10. The summed E-state index contributed by atoms with van der Waals surface area (Å²) in [6.45, 7) is 3.36. The molecule has 1 aromatic rings. The fraction of sp³-hybridized carbons (Fsp3) is 0.154. The van der Waals surface area contributed by atoms with Crippen molar-refractivity contribution in [3.63, 3.8) is 0 Å². The lowest BCUT2D eigenvalue weighted by Crippen LogP contribution is -2.40. The van der Waals surface area contributed by atoms with Gasteiger partial charge in [-0.15, -0.1) is 6.58 Å². The fourth-order valence-electron chi connectivity index (χ4n) is 1.62. The van der Waals surface area contributed by atoms with Crippen LogP contribution >= 0.6 is 0 Å². The highest BCUT2D eigenvalue weighted by atomic mass is 19.1. The first-order valence-corrected chi connectivity index (χ1v) is 5.15. The van der Waals surface area contributed by atoms with Gasteiger partial charge in [0.1, 0.15) is 0 Å². The van der Waals surface area contributed by atoms with Crippen LogP contribution in [0.25, 0.3) is 0 Å². The third kappa shape index (κ3) is 1.93. The van der Waals surface area contributed by atoms with Crippen LogP contribution in [0.5, 0.6) is 0 Å². The summed E-state index contributed by atoms with van der Waals surface area (Å²) < 4.78 is 13.8. The first-order chi connectivity index (χ1) is 8.22. The highest BCUT2D eigenvalue weighted by Crippen LogP contribution is 2.20. The molecule has 0 aliphatic carbocycles. The van der Waals surface area contributed by atoms with E-state index in [1.165, 1.54) is 12.3 Å². The maximum atomic E-state index is 13.8. The summed E-state index contributed by atoms with van der Waals surface area (Å²) in [5.74, 6) is 0. The summed E-state index contributed by atoms with van der Waals surface area (Å²) in [7, 11) is 0. The molecule has 2 rings (SSSR count). The predicted octanol–water partition coefficient (Wildman–Crippen LogP) is 0.915. The van der Waals surface area contributed by atoms with Gasteiger partial charge < -0.3 is 4.79 Å². The molecule has 1 aromatic carbocycles. The minimum Gasteiger partial charge on any atom is -0.300 e. The summed E-state index contributed by atoms with van der Waals surface area (Å²) >= 11 is 0. The summed E-state index contributed by atoms with van der Waals surface area (Å²) in [6.07, 6.45) is 2.73. The highest BCUT2D eigenvalue weighted by Gasteiger charge is 2.35. The molecule has 4 heteroatoms. The van der Waals surface area contributed by atoms with Crippen LogP contribution in [-0.2, 0) is 4.79 Å². The molecule has 2 atom stereocenters. The molecule has 0 N–H and O–H groups in total. The highest BCUT2D eigenvalue weighted by molar-refractivity contribution is 5.70. The number of rotatable bonds is 3. The smallest absolute Gasteiger partial charge is 0.171 e. The average molecular weight is 230 g/mol. The van der Waals surface area contributed by atoms with Crippen molar-refractivity contribution in [1.82, 2.24) is 0 Å². The molecule has 3 nitrogen and oxygen atoms in total. The molecule has 17 heavy (non-hydrogen) atoms. The van der Waals surface area contributed by atoms with Crippen LogP contribution in [0.15, 0.2) is 59.2 Å². The largest absolute Gasteiger partial charge is 0.300 e. The van der Waals surface area contributed by atoms with Gasteiger partial charge in [-0.2, -0.15) is 0 Å². The molecule has 0 fully saturated rings. The van der Waals surface area contributed by atoms with Gasteiger partial charge in [0.2, 0.25) is 0 Å². The Balaban J connectivity index is 2.71. The van der Waals surface area contributed by atoms with E-state index in [1.807, 2.05) is 0 Å². The van der Waals surface area contributed by atoms with Crippen molar-refractivity contribution in [2.75, 3.05) is 0 Å². The van der Waals surface area contributed by atoms with Crippen molar-refractivity contribution in [3.8, 4) is 0 Å². The lowest BCUT2D eigenvalue weighted by Gasteiger charge is -2.20. The second kappa shape index (κ2) is 4.41. The van der Waals surface area contributed by atoms with Crippen LogP contribution in [0.2, 0.25) is 0 Å². The van der Waals surface area contributed by atoms with E-state index in [-0.39, 0.29) is 0 Å². The Bertz CT molecular complexity index is 594. The third-order valence-corrected chi connectivity index (χ3v) is 2.59. The van der Waals surface area contributed by atoms with Gasteiger partial charge in [-0.1, -0.05) is 18.2 Å². The van der Waals surface area contributed by atoms with Gasteiger partial charge in [0, 0.05) is 6.20 Å². The van der Waals surface area contributed by atoms with Crippen LogP contribution in [0.4, 0.5) is 4.39 Å². The molecule has 1 aliphatic heterocycles. The molecule has 0 bridgehead atoms. The van der Waals surface area contributed by atoms with Gasteiger partial charge in [-0.3, -0.25) is 9.98 Å². The van der Waals surface area contributed by atoms with Crippen LogP contribution < -0.4 is 10.7 Å². The van der Waals surface area contributed by atoms with Crippen molar-refractivity contribution >= 4 is 6.29 Å². The normalized spacial score (nSPS) is 23.6. The van der Waals surface area contributed by atoms with E-state index in [0.717, 1.165) is 6.08 Å². The van der Waals surface area contributed by atoms with E-state index >= 15 is 0 Å². The van der Waals surface area contributed by atoms with Crippen molar-refractivity contribution in [3.05, 3.63) is 59.9 Å². The maximum Gasteiger partial charge on any atom is 0.171 e. The number of halogens is 1. The molecule has 0 saturated carbocycles. The SMILES string of the molecule is C=CC(F)C1(C=O)C=CN=c2ccccc2=N1. The molecule has 1 heterocycles. The number of carbonyl (C=O) groups excluding carboxylic acids is 1. The molecule has 1 aliphatic rings. The van der Waals surface area contributed by atoms with E-state index in [2.05, 4.69) is 16.6 Å². The second-order valence-electron chi connectivity index (χ2n) is 3.69. The molecule has 0 amide bonds. The Morgan fingerprint density at radius 2 is 2.06 bits per heavy atom. The summed E-state index contributed by atoms with van der Waals surface area (Å²) in [5, 5.41) is 1.11. The zero-order valence-electron chi connectivity index (χ0n) is 9.08. The summed E-state index contributed by atoms with van der Waals surface area (Å²) in [5.41, 5.74) is -1.56. The lowest BCUT2D eigenvalue weighted by atomic mass is 9.96. The lowest BCUT2D eigenvalue weighted by molar-refractivity contribution is -0.112. The first kappa shape index (κ1) is 11.4. The molecule has 0 aromatic heterocycles. The molecule has 0 saturated heterocycles. The Labute approximate surface area is 97.7 Å². The number of fused-ring (bicyclic) bond motifs is 1. The Morgan fingerprint density at radius 3 is 2.71 bits per heavy atom. The molecule has 0 radical (unpaired) electrons. The Kier molecular flexibility index (Phi) is 2.95. The number of benzene rings is 1. The van der Waals surface area contributed by atoms with Gasteiger partial charge >= 0.3 is 0 Å². The maximum absolute atomic E-state index is 13.8. The zero-order valence-corrected chi connectivity index (χ0v) is 9.08. The van der Waals surface area contributed by atoms with Gasteiger partial charge in [0.25, 0.3) is 0 Å². The number of para-hydroxylation sites is 2. The topological polar surface area (TPSA) is 41.8 Å². The van der Waals surface area contributed by atoms with E-state index < -0.39 is 11.7 Å². The quantitative estimate of drug-likeness (QED) is 0.562.